The predicted molar refractivity (Wildman–Crippen MR) is 117 cm³/mol. The number of carbonyl (C=O) groups is 1. The molecular formula is C22H23N5O3. The highest BCUT2D eigenvalue weighted by atomic mass is 16.6. The van der Waals surface area contributed by atoms with Crippen LogP contribution in [0.4, 0.5) is 17.1 Å². The van der Waals surface area contributed by atoms with Crippen LogP contribution in [0.1, 0.15) is 5.56 Å². The number of nitro groups is 1. The van der Waals surface area contributed by atoms with Gasteiger partial charge in [0.25, 0.3) is 5.69 Å². The van der Waals surface area contributed by atoms with Crippen LogP contribution in [0.25, 0.3) is 10.8 Å². The van der Waals surface area contributed by atoms with E-state index in [1.54, 1.807) is 24.5 Å². The Bertz CT molecular complexity index is 1080. The van der Waals surface area contributed by atoms with Crippen molar-refractivity contribution in [3.8, 4) is 0 Å². The molecule has 1 aliphatic rings. The molecule has 0 spiro atoms. The second-order valence-electron chi connectivity index (χ2n) is 7.46. The number of amides is 1. The minimum absolute atomic E-state index is 0.0286. The van der Waals surface area contributed by atoms with Gasteiger partial charge >= 0.3 is 0 Å². The Labute approximate surface area is 174 Å². The maximum atomic E-state index is 12.4. The molecule has 1 aromatic heterocycles. The smallest absolute Gasteiger partial charge is 0.278 e. The standard InChI is InChI=1S/C22H23N5O3/c1-16-2-4-17(5-3-16)24-22(28)15-25-10-12-26(13-11-25)20-6-7-21(27(29)30)19-14-23-9-8-18(19)20/h2-9,14H,10-13,15H2,1H3,(H,24,28). The van der Waals surface area contributed by atoms with E-state index >= 15 is 0 Å². The molecule has 1 N–H and O–H groups in total. The number of benzene rings is 2. The second kappa shape index (κ2) is 8.46. The van der Waals surface area contributed by atoms with Crippen molar-refractivity contribution < 1.29 is 9.72 Å². The summed E-state index contributed by atoms with van der Waals surface area (Å²) in [5.41, 5.74) is 2.98. The van der Waals surface area contributed by atoms with Crippen molar-refractivity contribution in [3.63, 3.8) is 0 Å². The molecule has 30 heavy (non-hydrogen) atoms. The van der Waals surface area contributed by atoms with E-state index in [1.807, 2.05) is 37.3 Å². The highest BCUT2D eigenvalue weighted by molar-refractivity contribution is 5.99. The minimum Gasteiger partial charge on any atom is -0.368 e. The van der Waals surface area contributed by atoms with Crippen LogP contribution in [0.2, 0.25) is 0 Å². The molecule has 1 amide bonds. The van der Waals surface area contributed by atoms with Gasteiger partial charge in [-0.1, -0.05) is 17.7 Å². The first-order chi connectivity index (χ1) is 14.5. The van der Waals surface area contributed by atoms with Gasteiger partial charge in [0.2, 0.25) is 5.91 Å². The number of aryl methyl sites for hydroxylation is 1. The van der Waals surface area contributed by atoms with E-state index in [9.17, 15) is 14.9 Å². The zero-order chi connectivity index (χ0) is 21.1. The first-order valence-corrected chi connectivity index (χ1v) is 9.86. The first-order valence-electron chi connectivity index (χ1n) is 9.86. The van der Waals surface area contributed by atoms with Crippen LogP contribution in [0.3, 0.4) is 0 Å². The normalized spacial score (nSPS) is 14.6. The fourth-order valence-corrected chi connectivity index (χ4v) is 3.78. The summed E-state index contributed by atoms with van der Waals surface area (Å²) in [5, 5.41) is 15.6. The fourth-order valence-electron chi connectivity index (χ4n) is 3.78. The molecule has 0 aliphatic carbocycles. The molecule has 1 aliphatic heterocycles. The first kappa shape index (κ1) is 19.8. The SMILES string of the molecule is Cc1ccc(NC(=O)CN2CCN(c3ccc([N+](=O)[O-])c4cnccc34)CC2)cc1. The number of hydrogen-bond donors (Lipinski definition) is 1. The summed E-state index contributed by atoms with van der Waals surface area (Å²) in [7, 11) is 0. The number of nitrogens with one attached hydrogen (secondary N) is 1. The molecule has 0 radical (unpaired) electrons. The number of non-ortho nitro benzene ring substituents is 1. The van der Waals surface area contributed by atoms with Crippen molar-refractivity contribution in [3.05, 3.63) is 70.5 Å². The number of aromatic nitrogens is 1. The number of nitrogens with zero attached hydrogens (tertiary/aromatic N) is 4. The lowest BCUT2D eigenvalue weighted by molar-refractivity contribution is -0.383. The quantitative estimate of drug-likeness (QED) is 0.518. The molecule has 0 bridgehead atoms. The van der Waals surface area contributed by atoms with Crippen LogP contribution < -0.4 is 10.2 Å². The van der Waals surface area contributed by atoms with Crippen molar-refractivity contribution in [1.82, 2.24) is 9.88 Å². The Morgan fingerprint density at radius 2 is 1.80 bits per heavy atom. The maximum Gasteiger partial charge on any atom is 0.278 e. The molecule has 8 nitrogen and oxygen atoms in total. The second-order valence-corrected chi connectivity index (χ2v) is 7.46. The highest BCUT2D eigenvalue weighted by Gasteiger charge is 2.22. The average Bonchev–Trinajstić information content (AvgIpc) is 2.75. The summed E-state index contributed by atoms with van der Waals surface area (Å²) in [6.45, 7) is 5.32. The van der Waals surface area contributed by atoms with Gasteiger partial charge < -0.3 is 10.2 Å². The monoisotopic (exact) mass is 405 g/mol. The number of anilines is 2. The Hall–Kier alpha value is -3.52. The van der Waals surface area contributed by atoms with E-state index in [1.165, 1.54) is 0 Å². The Balaban J connectivity index is 1.40. The molecule has 3 aromatic rings. The molecule has 1 fully saturated rings. The highest BCUT2D eigenvalue weighted by Crippen LogP contribution is 2.33. The molecular weight excluding hydrogens is 382 g/mol. The Morgan fingerprint density at radius 1 is 1.07 bits per heavy atom. The Morgan fingerprint density at radius 3 is 2.50 bits per heavy atom. The lowest BCUT2D eigenvalue weighted by atomic mass is 10.1. The number of hydrogen-bond acceptors (Lipinski definition) is 6. The van der Waals surface area contributed by atoms with Crippen LogP contribution in [0.5, 0.6) is 0 Å². The van der Waals surface area contributed by atoms with Crippen LogP contribution >= 0.6 is 0 Å². The van der Waals surface area contributed by atoms with Crippen molar-refractivity contribution in [1.29, 1.82) is 0 Å². The van der Waals surface area contributed by atoms with E-state index < -0.39 is 0 Å². The van der Waals surface area contributed by atoms with E-state index in [0.29, 0.717) is 11.9 Å². The lowest BCUT2D eigenvalue weighted by Gasteiger charge is -2.36. The molecule has 8 heteroatoms. The zero-order valence-electron chi connectivity index (χ0n) is 16.7. The van der Waals surface area contributed by atoms with E-state index in [-0.39, 0.29) is 16.5 Å². The Kier molecular flexibility index (Phi) is 5.58. The van der Waals surface area contributed by atoms with Crippen molar-refractivity contribution >= 4 is 33.7 Å². The molecule has 2 aromatic carbocycles. The topological polar surface area (TPSA) is 91.6 Å². The van der Waals surface area contributed by atoms with Crippen LogP contribution in [0, 0.1) is 17.0 Å². The largest absolute Gasteiger partial charge is 0.368 e. The summed E-state index contributed by atoms with van der Waals surface area (Å²) in [6, 6.07) is 12.9. The summed E-state index contributed by atoms with van der Waals surface area (Å²) in [5.74, 6) is -0.0286. The third kappa shape index (κ3) is 4.23. The number of nitro benzene ring substituents is 1. The lowest BCUT2D eigenvalue weighted by Crippen LogP contribution is -2.48. The third-order valence-electron chi connectivity index (χ3n) is 5.38. The van der Waals surface area contributed by atoms with Gasteiger partial charge in [-0.15, -0.1) is 0 Å². The summed E-state index contributed by atoms with van der Waals surface area (Å²) in [4.78, 5) is 31.7. The summed E-state index contributed by atoms with van der Waals surface area (Å²) < 4.78 is 0. The predicted octanol–water partition coefficient (Wildman–Crippen LogP) is 3.21. The van der Waals surface area contributed by atoms with Crippen LogP contribution in [-0.2, 0) is 4.79 Å². The molecule has 154 valence electrons. The van der Waals surface area contributed by atoms with Gasteiger partial charge in [0, 0.05) is 61.4 Å². The molecule has 0 unspecified atom stereocenters. The molecule has 1 saturated heterocycles. The molecule has 4 rings (SSSR count). The van der Waals surface area contributed by atoms with Gasteiger partial charge in [-0.2, -0.15) is 0 Å². The van der Waals surface area contributed by atoms with Crippen molar-refractivity contribution in [2.75, 3.05) is 42.9 Å². The van der Waals surface area contributed by atoms with E-state index in [2.05, 4.69) is 20.1 Å². The number of pyridine rings is 1. The van der Waals surface area contributed by atoms with Gasteiger partial charge in [0.15, 0.2) is 0 Å². The maximum absolute atomic E-state index is 12.4. The molecule has 2 heterocycles. The number of carbonyl (C=O) groups excluding carboxylic acids is 1. The number of piperazine rings is 1. The molecule has 0 atom stereocenters. The minimum atomic E-state index is -0.377. The van der Waals surface area contributed by atoms with E-state index in [0.717, 1.165) is 48.5 Å². The number of rotatable bonds is 5. The number of fused-ring (bicyclic) bond motifs is 1. The van der Waals surface area contributed by atoms with Crippen LogP contribution in [0.15, 0.2) is 54.9 Å². The van der Waals surface area contributed by atoms with Gasteiger partial charge in [0.05, 0.1) is 16.9 Å². The van der Waals surface area contributed by atoms with Gasteiger partial charge in [-0.25, -0.2) is 0 Å². The summed E-state index contributed by atoms with van der Waals surface area (Å²) in [6.07, 6.45) is 3.20. The third-order valence-corrected chi connectivity index (χ3v) is 5.38. The summed E-state index contributed by atoms with van der Waals surface area (Å²) >= 11 is 0. The van der Waals surface area contributed by atoms with Crippen molar-refractivity contribution in [2.45, 2.75) is 6.92 Å². The average molecular weight is 405 g/mol. The van der Waals surface area contributed by atoms with Crippen LogP contribution in [-0.4, -0.2) is 53.4 Å². The van der Waals surface area contributed by atoms with Gasteiger partial charge in [-0.05, 0) is 31.2 Å². The van der Waals surface area contributed by atoms with Crippen molar-refractivity contribution in [2.24, 2.45) is 0 Å². The van der Waals surface area contributed by atoms with E-state index in [4.69, 9.17) is 0 Å². The zero-order valence-corrected chi connectivity index (χ0v) is 16.7. The van der Waals surface area contributed by atoms with Gasteiger partial charge in [0.1, 0.15) is 0 Å². The molecule has 0 saturated carbocycles. The fraction of sp³-hybridized carbons (Fsp3) is 0.273. The van der Waals surface area contributed by atoms with Gasteiger partial charge in [-0.3, -0.25) is 24.8 Å².